The number of thiocarbonyl (C=S) groups is 1. The van der Waals surface area contributed by atoms with Gasteiger partial charge < -0.3 is 10.2 Å². The second-order valence-corrected chi connectivity index (χ2v) is 6.65. The quantitative estimate of drug-likeness (QED) is 0.868. The maximum Gasteiger partial charge on any atom is 0.234 e. The van der Waals surface area contributed by atoms with E-state index in [-0.39, 0.29) is 5.91 Å². The lowest BCUT2D eigenvalue weighted by atomic mass is 10.1. The number of rotatable bonds is 3. The summed E-state index contributed by atoms with van der Waals surface area (Å²) in [5.41, 5.74) is 3.19. The van der Waals surface area contributed by atoms with Gasteiger partial charge in [-0.3, -0.25) is 4.79 Å². The number of amides is 1. The number of hydrogen-bond donors (Lipinski definition) is 1. The van der Waals surface area contributed by atoms with Crippen molar-refractivity contribution >= 4 is 39.9 Å². The first-order chi connectivity index (χ1) is 9.58. The summed E-state index contributed by atoms with van der Waals surface area (Å²) in [6.45, 7) is 6.13. The van der Waals surface area contributed by atoms with Gasteiger partial charge in [0.25, 0.3) is 0 Å². The van der Waals surface area contributed by atoms with Gasteiger partial charge in [0.1, 0.15) is 4.32 Å². The van der Waals surface area contributed by atoms with Gasteiger partial charge in [0.15, 0.2) is 0 Å². The number of benzene rings is 1. The van der Waals surface area contributed by atoms with E-state index in [2.05, 4.69) is 10.2 Å². The summed E-state index contributed by atoms with van der Waals surface area (Å²) in [7, 11) is 0. The van der Waals surface area contributed by atoms with Gasteiger partial charge in [0.05, 0.1) is 5.75 Å². The molecule has 0 atom stereocenters. The number of nitrogens with one attached hydrogen (secondary N) is 1. The molecule has 1 N–H and O–H groups in total. The van der Waals surface area contributed by atoms with Crippen molar-refractivity contribution in [2.45, 2.75) is 26.7 Å². The van der Waals surface area contributed by atoms with Crippen LogP contribution >= 0.6 is 24.0 Å². The molecule has 108 valence electrons. The predicted octanol–water partition coefficient (Wildman–Crippen LogP) is 3.36. The third-order valence-corrected chi connectivity index (χ3v) is 5.09. The van der Waals surface area contributed by atoms with E-state index in [9.17, 15) is 4.79 Å². The molecule has 1 saturated heterocycles. The van der Waals surface area contributed by atoms with Crippen molar-refractivity contribution in [3.05, 3.63) is 29.3 Å². The van der Waals surface area contributed by atoms with Crippen LogP contribution in [-0.4, -0.2) is 34.0 Å². The van der Waals surface area contributed by atoms with E-state index >= 15 is 0 Å². The molecular formula is C15H20N2OS2. The van der Waals surface area contributed by atoms with Crippen LogP contribution in [0.5, 0.6) is 0 Å². The summed E-state index contributed by atoms with van der Waals surface area (Å²) in [4.78, 5) is 14.2. The van der Waals surface area contributed by atoms with E-state index in [1.54, 1.807) is 0 Å². The number of carbonyl (C=O) groups excluding carboxylic acids is 1. The molecule has 0 aromatic heterocycles. The van der Waals surface area contributed by atoms with Crippen LogP contribution in [0.2, 0.25) is 0 Å². The Bertz CT molecular complexity index is 511. The Morgan fingerprint density at radius 2 is 2.05 bits per heavy atom. The van der Waals surface area contributed by atoms with E-state index in [1.165, 1.54) is 30.2 Å². The molecule has 0 spiro atoms. The second kappa shape index (κ2) is 7.09. The number of hydrogen-bond acceptors (Lipinski definition) is 3. The summed E-state index contributed by atoms with van der Waals surface area (Å²) < 4.78 is 0.846. The SMILES string of the molecule is Cc1cccc(NC(=O)CSC(=S)N2CCCC2)c1C. The first-order valence-electron chi connectivity index (χ1n) is 6.85. The molecule has 2 rings (SSSR count). The van der Waals surface area contributed by atoms with Gasteiger partial charge in [-0.25, -0.2) is 0 Å². The smallest absolute Gasteiger partial charge is 0.234 e. The largest absolute Gasteiger partial charge is 0.358 e. The van der Waals surface area contributed by atoms with E-state index in [1.807, 2.05) is 32.0 Å². The molecule has 1 aliphatic heterocycles. The third kappa shape index (κ3) is 3.96. The maximum atomic E-state index is 12.0. The van der Waals surface area contributed by atoms with Crippen LogP contribution in [0, 0.1) is 13.8 Å². The Morgan fingerprint density at radius 1 is 1.35 bits per heavy atom. The Balaban J connectivity index is 1.83. The molecule has 0 bridgehead atoms. The van der Waals surface area contributed by atoms with Crippen molar-refractivity contribution in [1.29, 1.82) is 0 Å². The lowest BCUT2D eigenvalue weighted by Gasteiger charge is -2.17. The van der Waals surface area contributed by atoms with Crippen molar-refractivity contribution in [3.8, 4) is 0 Å². The number of anilines is 1. The number of likely N-dealkylation sites (tertiary alicyclic amines) is 1. The fourth-order valence-corrected chi connectivity index (χ4v) is 3.24. The molecule has 1 amide bonds. The number of nitrogens with zero attached hydrogens (tertiary/aromatic N) is 1. The fraction of sp³-hybridized carbons (Fsp3) is 0.467. The standard InChI is InChI=1S/C15H20N2OS2/c1-11-6-5-7-13(12(11)2)16-14(18)10-20-15(19)17-8-3-4-9-17/h5-7H,3-4,8-10H2,1-2H3,(H,16,18). The normalized spacial score (nSPS) is 14.4. The molecule has 0 unspecified atom stereocenters. The average molecular weight is 308 g/mol. The van der Waals surface area contributed by atoms with Crippen molar-refractivity contribution in [2.24, 2.45) is 0 Å². The zero-order chi connectivity index (χ0) is 14.5. The number of thioether (sulfide) groups is 1. The summed E-state index contributed by atoms with van der Waals surface area (Å²) in [6, 6.07) is 5.94. The van der Waals surface area contributed by atoms with Gasteiger partial charge in [0.2, 0.25) is 5.91 Å². The van der Waals surface area contributed by atoms with Crippen LogP contribution in [0.15, 0.2) is 18.2 Å². The highest BCUT2D eigenvalue weighted by Gasteiger charge is 2.16. The highest BCUT2D eigenvalue weighted by molar-refractivity contribution is 8.23. The molecular weight excluding hydrogens is 288 g/mol. The minimum Gasteiger partial charge on any atom is -0.358 e. The van der Waals surface area contributed by atoms with Gasteiger partial charge in [-0.2, -0.15) is 0 Å². The summed E-state index contributed by atoms with van der Waals surface area (Å²) in [5.74, 6) is 0.383. The van der Waals surface area contributed by atoms with Gasteiger partial charge in [-0.1, -0.05) is 36.1 Å². The molecule has 0 radical (unpaired) electrons. The summed E-state index contributed by atoms with van der Waals surface area (Å²) >= 11 is 6.81. The van der Waals surface area contributed by atoms with E-state index in [0.29, 0.717) is 5.75 Å². The Hall–Kier alpha value is -1.07. The first kappa shape index (κ1) is 15.3. The minimum atomic E-state index is 0.00486. The molecule has 1 aromatic carbocycles. The lowest BCUT2D eigenvalue weighted by Crippen LogP contribution is -2.25. The Kier molecular flexibility index (Phi) is 5.43. The molecule has 1 heterocycles. The lowest BCUT2D eigenvalue weighted by molar-refractivity contribution is -0.113. The van der Waals surface area contributed by atoms with Gasteiger partial charge >= 0.3 is 0 Å². The molecule has 1 aliphatic rings. The van der Waals surface area contributed by atoms with Gasteiger partial charge in [-0.15, -0.1) is 0 Å². The number of aryl methyl sites for hydroxylation is 1. The molecule has 20 heavy (non-hydrogen) atoms. The summed E-state index contributed by atoms with van der Waals surface area (Å²) in [5, 5.41) is 2.96. The molecule has 5 heteroatoms. The predicted molar refractivity (Wildman–Crippen MR) is 90.4 cm³/mol. The van der Waals surface area contributed by atoms with Crippen LogP contribution in [0.3, 0.4) is 0 Å². The topological polar surface area (TPSA) is 32.3 Å². The first-order valence-corrected chi connectivity index (χ1v) is 8.25. The van der Waals surface area contributed by atoms with Crippen molar-refractivity contribution in [3.63, 3.8) is 0 Å². The van der Waals surface area contributed by atoms with Gasteiger partial charge in [-0.05, 0) is 43.9 Å². The fourth-order valence-electron chi connectivity index (χ4n) is 2.19. The highest BCUT2D eigenvalue weighted by atomic mass is 32.2. The van der Waals surface area contributed by atoms with E-state index < -0.39 is 0 Å². The van der Waals surface area contributed by atoms with Crippen LogP contribution < -0.4 is 5.32 Å². The molecule has 1 fully saturated rings. The Labute approximate surface area is 130 Å². The molecule has 1 aromatic rings. The Morgan fingerprint density at radius 3 is 2.75 bits per heavy atom. The third-order valence-electron chi connectivity index (χ3n) is 3.57. The molecule has 0 aliphatic carbocycles. The monoisotopic (exact) mass is 308 g/mol. The zero-order valence-electron chi connectivity index (χ0n) is 11.9. The average Bonchev–Trinajstić information content (AvgIpc) is 2.95. The second-order valence-electron chi connectivity index (χ2n) is 5.04. The summed E-state index contributed by atoms with van der Waals surface area (Å²) in [6.07, 6.45) is 2.41. The van der Waals surface area contributed by atoms with Crippen molar-refractivity contribution in [1.82, 2.24) is 4.90 Å². The van der Waals surface area contributed by atoms with Gasteiger partial charge in [0, 0.05) is 18.8 Å². The van der Waals surface area contributed by atoms with Crippen LogP contribution in [0.1, 0.15) is 24.0 Å². The van der Waals surface area contributed by atoms with E-state index in [0.717, 1.165) is 28.7 Å². The van der Waals surface area contributed by atoms with Crippen LogP contribution in [-0.2, 0) is 4.79 Å². The molecule has 3 nitrogen and oxygen atoms in total. The van der Waals surface area contributed by atoms with Crippen LogP contribution in [0.25, 0.3) is 0 Å². The minimum absolute atomic E-state index is 0.00486. The highest BCUT2D eigenvalue weighted by Crippen LogP contribution is 2.19. The molecule has 0 saturated carbocycles. The zero-order valence-corrected chi connectivity index (χ0v) is 13.6. The van der Waals surface area contributed by atoms with E-state index in [4.69, 9.17) is 12.2 Å². The van der Waals surface area contributed by atoms with Crippen molar-refractivity contribution < 1.29 is 4.79 Å². The maximum absolute atomic E-state index is 12.0. The van der Waals surface area contributed by atoms with Crippen molar-refractivity contribution in [2.75, 3.05) is 24.2 Å². The number of carbonyl (C=O) groups is 1. The van der Waals surface area contributed by atoms with Crippen LogP contribution in [0.4, 0.5) is 5.69 Å².